The van der Waals surface area contributed by atoms with Crippen LogP contribution < -0.4 is 5.32 Å². The van der Waals surface area contributed by atoms with Crippen LogP contribution >= 0.6 is 11.8 Å². The summed E-state index contributed by atoms with van der Waals surface area (Å²) in [6.45, 7) is 0.305. The molecule has 0 radical (unpaired) electrons. The van der Waals surface area contributed by atoms with Gasteiger partial charge in [0, 0.05) is 18.3 Å². The molecule has 3 nitrogen and oxygen atoms in total. The lowest BCUT2D eigenvalue weighted by atomic mass is 10.2. The quantitative estimate of drug-likeness (QED) is 0.740. The first-order valence-electron chi connectivity index (χ1n) is 5.17. The lowest BCUT2D eigenvalue weighted by Gasteiger charge is -2.28. The first kappa shape index (κ1) is 12.3. The lowest BCUT2D eigenvalue weighted by molar-refractivity contribution is 0.193. The number of urea groups is 1. The van der Waals surface area contributed by atoms with Gasteiger partial charge in [-0.05, 0) is 19.1 Å². The Kier molecular flexibility index (Phi) is 4.83. The summed E-state index contributed by atoms with van der Waals surface area (Å²) in [4.78, 5) is 13.5. The second kappa shape index (κ2) is 5.92. The van der Waals surface area contributed by atoms with Crippen LogP contribution in [-0.4, -0.2) is 42.1 Å². The third-order valence-electron chi connectivity index (χ3n) is 2.88. The number of rotatable bonds is 3. The van der Waals surface area contributed by atoms with Gasteiger partial charge in [-0.3, -0.25) is 0 Å². The predicted molar refractivity (Wildman–Crippen MR) is 64.9 cm³/mol. The minimum Gasteiger partial charge on any atom is -0.327 e. The molecule has 1 rings (SSSR count). The molecular formula is C11H18N2OS. The van der Waals surface area contributed by atoms with Gasteiger partial charge in [0.2, 0.25) is 0 Å². The molecule has 1 N–H and O–H groups in total. The van der Waals surface area contributed by atoms with Crippen LogP contribution in [0.5, 0.6) is 0 Å². The van der Waals surface area contributed by atoms with Gasteiger partial charge < -0.3 is 10.2 Å². The van der Waals surface area contributed by atoms with Crippen LogP contribution in [0, 0.1) is 12.3 Å². The van der Waals surface area contributed by atoms with E-state index in [9.17, 15) is 4.79 Å². The van der Waals surface area contributed by atoms with Crippen molar-refractivity contribution < 1.29 is 4.79 Å². The predicted octanol–water partition coefficient (Wildman–Crippen LogP) is 1.55. The van der Waals surface area contributed by atoms with Gasteiger partial charge in [-0.2, -0.15) is 11.8 Å². The topological polar surface area (TPSA) is 32.3 Å². The van der Waals surface area contributed by atoms with Crippen molar-refractivity contribution in [3.63, 3.8) is 0 Å². The highest BCUT2D eigenvalue weighted by Crippen LogP contribution is 2.31. The smallest absolute Gasteiger partial charge is 0.318 e. The van der Waals surface area contributed by atoms with E-state index in [1.165, 1.54) is 12.8 Å². The van der Waals surface area contributed by atoms with Gasteiger partial charge in [-0.15, -0.1) is 6.42 Å². The third kappa shape index (κ3) is 3.07. The third-order valence-corrected chi connectivity index (χ3v) is 4.04. The van der Waals surface area contributed by atoms with Gasteiger partial charge in [0.1, 0.15) is 0 Å². The number of carbonyl (C=O) groups excluding carboxylic acids is 1. The Bertz CT molecular complexity index is 262. The summed E-state index contributed by atoms with van der Waals surface area (Å²) in [5, 5.41) is 3.27. The first-order chi connectivity index (χ1) is 7.20. The van der Waals surface area contributed by atoms with Gasteiger partial charge in [0.05, 0.1) is 6.54 Å². The number of terminal acetylenes is 1. The summed E-state index contributed by atoms with van der Waals surface area (Å²) in [6.07, 6.45) is 10.7. The second-order valence-corrected chi connectivity index (χ2v) is 4.82. The van der Waals surface area contributed by atoms with Crippen molar-refractivity contribution in [2.24, 2.45) is 0 Å². The van der Waals surface area contributed by atoms with Crippen LogP contribution in [0.15, 0.2) is 0 Å². The van der Waals surface area contributed by atoms with Crippen molar-refractivity contribution in [2.75, 3.05) is 19.8 Å². The molecule has 1 aliphatic carbocycles. The Balaban J connectivity index is 2.48. The number of nitrogens with zero attached hydrogens (tertiary/aromatic N) is 1. The molecule has 0 bridgehead atoms. The zero-order chi connectivity index (χ0) is 11.3. The van der Waals surface area contributed by atoms with Crippen LogP contribution in [0.25, 0.3) is 0 Å². The molecule has 84 valence electrons. The van der Waals surface area contributed by atoms with Crippen molar-refractivity contribution in [1.29, 1.82) is 0 Å². The monoisotopic (exact) mass is 226 g/mol. The molecule has 0 spiro atoms. The standard InChI is InChI=1S/C11H18N2OS/c1-4-8-12-11(14)13(2)9-6-5-7-10(9)15-3/h1,9-10H,5-8H2,2-3H3,(H,12,14). The molecule has 2 amide bonds. The minimum absolute atomic E-state index is 0.0566. The summed E-state index contributed by atoms with van der Waals surface area (Å²) in [6, 6.07) is 0.302. The fraction of sp³-hybridized carbons (Fsp3) is 0.727. The molecule has 15 heavy (non-hydrogen) atoms. The van der Waals surface area contributed by atoms with Gasteiger partial charge >= 0.3 is 6.03 Å². The van der Waals surface area contributed by atoms with E-state index in [4.69, 9.17) is 6.42 Å². The highest BCUT2D eigenvalue weighted by Gasteiger charge is 2.31. The Morgan fingerprint density at radius 1 is 1.67 bits per heavy atom. The molecule has 0 aromatic carbocycles. The van der Waals surface area contributed by atoms with Crippen molar-refractivity contribution >= 4 is 17.8 Å². The van der Waals surface area contributed by atoms with E-state index >= 15 is 0 Å². The van der Waals surface area contributed by atoms with E-state index in [1.54, 1.807) is 4.90 Å². The van der Waals surface area contributed by atoms with Crippen molar-refractivity contribution in [3.05, 3.63) is 0 Å². The average Bonchev–Trinajstić information content (AvgIpc) is 2.72. The van der Waals surface area contributed by atoms with E-state index in [2.05, 4.69) is 17.5 Å². The minimum atomic E-state index is -0.0566. The van der Waals surface area contributed by atoms with E-state index in [0.717, 1.165) is 6.42 Å². The lowest BCUT2D eigenvalue weighted by Crippen LogP contribution is -2.46. The SMILES string of the molecule is C#CCNC(=O)N(C)C1CCCC1SC. The highest BCUT2D eigenvalue weighted by molar-refractivity contribution is 7.99. The maximum Gasteiger partial charge on any atom is 0.318 e. The summed E-state index contributed by atoms with van der Waals surface area (Å²) in [7, 11) is 1.85. The highest BCUT2D eigenvalue weighted by atomic mass is 32.2. The summed E-state index contributed by atoms with van der Waals surface area (Å²) < 4.78 is 0. The molecule has 0 saturated heterocycles. The van der Waals surface area contributed by atoms with Crippen LogP contribution in [0.4, 0.5) is 4.79 Å². The number of hydrogen-bond acceptors (Lipinski definition) is 2. The molecule has 0 aromatic rings. The molecule has 4 heteroatoms. The summed E-state index contributed by atoms with van der Waals surface area (Å²) in [5.74, 6) is 2.41. The van der Waals surface area contributed by atoms with Gasteiger partial charge in [0.15, 0.2) is 0 Å². The zero-order valence-corrected chi connectivity index (χ0v) is 10.1. The Morgan fingerprint density at radius 2 is 2.40 bits per heavy atom. The molecule has 1 fully saturated rings. The van der Waals surface area contributed by atoms with E-state index in [0.29, 0.717) is 17.8 Å². The van der Waals surface area contributed by atoms with E-state index < -0.39 is 0 Å². The number of hydrogen-bond donors (Lipinski definition) is 1. The number of amides is 2. The Labute approximate surface area is 96.0 Å². The molecule has 1 saturated carbocycles. The molecule has 0 aliphatic heterocycles. The molecule has 2 atom stereocenters. The molecular weight excluding hydrogens is 208 g/mol. The van der Waals surface area contributed by atoms with Crippen molar-refractivity contribution in [3.8, 4) is 12.3 Å². The fourth-order valence-electron chi connectivity index (χ4n) is 2.03. The summed E-state index contributed by atoms with van der Waals surface area (Å²) in [5.41, 5.74) is 0. The van der Waals surface area contributed by atoms with Gasteiger partial charge in [-0.25, -0.2) is 4.79 Å². The van der Waals surface area contributed by atoms with E-state index in [1.807, 2.05) is 18.8 Å². The Morgan fingerprint density at radius 3 is 3.00 bits per heavy atom. The second-order valence-electron chi connectivity index (χ2n) is 3.75. The largest absolute Gasteiger partial charge is 0.327 e. The van der Waals surface area contributed by atoms with Gasteiger partial charge in [0.25, 0.3) is 0 Å². The maximum atomic E-state index is 11.7. The maximum absolute atomic E-state index is 11.7. The molecule has 0 aromatic heterocycles. The number of carbonyl (C=O) groups is 1. The number of thioether (sulfide) groups is 1. The fourth-order valence-corrected chi connectivity index (χ4v) is 3.06. The molecule has 1 aliphatic rings. The zero-order valence-electron chi connectivity index (χ0n) is 9.32. The van der Waals surface area contributed by atoms with Gasteiger partial charge in [-0.1, -0.05) is 12.3 Å². The van der Waals surface area contributed by atoms with E-state index in [-0.39, 0.29) is 6.03 Å². The van der Waals surface area contributed by atoms with Crippen molar-refractivity contribution in [1.82, 2.24) is 10.2 Å². The Hall–Kier alpha value is -0.820. The summed E-state index contributed by atoms with van der Waals surface area (Å²) >= 11 is 1.85. The normalized spacial score (nSPS) is 24.6. The first-order valence-corrected chi connectivity index (χ1v) is 6.46. The van der Waals surface area contributed by atoms with Crippen LogP contribution in [-0.2, 0) is 0 Å². The number of nitrogens with one attached hydrogen (secondary N) is 1. The molecule has 2 unspecified atom stereocenters. The molecule has 0 heterocycles. The average molecular weight is 226 g/mol. The van der Waals surface area contributed by atoms with Crippen molar-refractivity contribution in [2.45, 2.75) is 30.6 Å². The van der Waals surface area contributed by atoms with Crippen LogP contribution in [0.1, 0.15) is 19.3 Å². The van der Waals surface area contributed by atoms with Crippen LogP contribution in [0.2, 0.25) is 0 Å². The van der Waals surface area contributed by atoms with Crippen LogP contribution in [0.3, 0.4) is 0 Å².